The van der Waals surface area contributed by atoms with Crippen molar-refractivity contribution in [3.8, 4) is 0 Å². The summed E-state index contributed by atoms with van der Waals surface area (Å²) in [5.41, 5.74) is -0.572. The first-order valence-electron chi connectivity index (χ1n) is 5.69. The molecule has 1 saturated heterocycles. The predicted molar refractivity (Wildman–Crippen MR) is 57.4 cm³/mol. The van der Waals surface area contributed by atoms with Gasteiger partial charge in [-0.3, -0.25) is 0 Å². The van der Waals surface area contributed by atoms with Crippen molar-refractivity contribution in [3.05, 3.63) is 0 Å². The zero-order valence-electron chi connectivity index (χ0n) is 9.38. The SMILES string of the molecule is CCNCCC(C)(O)CC1CCCO1. The summed E-state index contributed by atoms with van der Waals surface area (Å²) in [6.07, 6.45) is 4.12. The second-order valence-corrected chi connectivity index (χ2v) is 4.44. The minimum Gasteiger partial charge on any atom is -0.390 e. The van der Waals surface area contributed by atoms with E-state index < -0.39 is 5.60 Å². The molecule has 3 nitrogen and oxygen atoms in total. The highest BCUT2D eigenvalue weighted by Gasteiger charge is 2.27. The molecule has 1 aliphatic rings. The largest absolute Gasteiger partial charge is 0.390 e. The fraction of sp³-hybridized carbons (Fsp3) is 1.00. The first kappa shape index (κ1) is 12.0. The highest BCUT2D eigenvalue weighted by Crippen LogP contribution is 2.24. The van der Waals surface area contributed by atoms with Gasteiger partial charge in [0.1, 0.15) is 0 Å². The molecule has 2 unspecified atom stereocenters. The minimum absolute atomic E-state index is 0.284. The molecule has 84 valence electrons. The molecular weight excluding hydrogens is 178 g/mol. The first-order valence-corrected chi connectivity index (χ1v) is 5.69. The van der Waals surface area contributed by atoms with E-state index in [0.29, 0.717) is 0 Å². The zero-order chi connectivity index (χ0) is 10.4. The average Bonchev–Trinajstić information content (AvgIpc) is 2.56. The monoisotopic (exact) mass is 201 g/mol. The van der Waals surface area contributed by atoms with Crippen LogP contribution in [0.15, 0.2) is 0 Å². The van der Waals surface area contributed by atoms with Crippen LogP contribution in [0.3, 0.4) is 0 Å². The second kappa shape index (κ2) is 5.69. The number of nitrogens with one attached hydrogen (secondary N) is 1. The smallest absolute Gasteiger partial charge is 0.0656 e. The molecule has 3 heteroatoms. The standard InChI is InChI=1S/C11H23NO2/c1-3-12-7-6-11(2,13)9-10-5-4-8-14-10/h10,12-13H,3-9H2,1-2H3. The van der Waals surface area contributed by atoms with Crippen molar-refractivity contribution in [3.63, 3.8) is 0 Å². The highest BCUT2D eigenvalue weighted by atomic mass is 16.5. The molecule has 0 amide bonds. The highest BCUT2D eigenvalue weighted by molar-refractivity contribution is 4.80. The summed E-state index contributed by atoms with van der Waals surface area (Å²) < 4.78 is 5.51. The topological polar surface area (TPSA) is 41.5 Å². The van der Waals surface area contributed by atoms with Crippen LogP contribution >= 0.6 is 0 Å². The van der Waals surface area contributed by atoms with Crippen LogP contribution in [0, 0.1) is 0 Å². The van der Waals surface area contributed by atoms with Crippen LogP contribution in [-0.2, 0) is 4.74 Å². The molecule has 0 spiro atoms. The van der Waals surface area contributed by atoms with Crippen molar-refractivity contribution in [2.75, 3.05) is 19.7 Å². The molecule has 0 aromatic heterocycles. The molecule has 2 atom stereocenters. The molecule has 0 aromatic carbocycles. The summed E-state index contributed by atoms with van der Waals surface area (Å²) in [6.45, 7) is 6.71. The molecule has 0 saturated carbocycles. The number of ether oxygens (including phenoxy) is 1. The van der Waals surface area contributed by atoms with E-state index in [1.54, 1.807) is 0 Å². The third-order valence-electron chi connectivity index (χ3n) is 2.78. The number of hydrogen-bond donors (Lipinski definition) is 2. The molecule has 1 heterocycles. The summed E-state index contributed by atoms with van der Waals surface area (Å²) in [7, 11) is 0. The van der Waals surface area contributed by atoms with Gasteiger partial charge in [0.05, 0.1) is 11.7 Å². The van der Waals surface area contributed by atoms with E-state index in [-0.39, 0.29) is 6.10 Å². The molecule has 14 heavy (non-hydrogen) atoms. The summed E-state index contributed by atoms with van der Waals surface area (Å²) in [6, 6.07) is 0. The molecule has 0 bridgehead atoms. The van der Waals surface area contributed by atoms with Gasteiger partial charge in [-0.25, -0.2) is 0 Å². The Balaban J connectivity index is 2.18. The van der Waals surface area contributed by atoms with Gasteiger partial charge in [0.2, 0.25) is 0 Å². The summed E-state index contributed by atoms with van der Waals surface area (Å²) in [4.78, 5) is 0. The van der Waals surface area contributed by atoms with Gasteiger partial charge >= 0.3 is 0 Å². The van der Waals surface area contributed by atoms with Crippen molar-refractivity contribution < 1.29 is 9.84 Å². The Morgan fingerprint density at radius 1 is 1.57 bits per heavy atom. The third-order valence-corrected chi connectivity index (χ3v) is 2.78. The van der Waals surface area contributed by atoms with Gasteiger partial charge in [0.25, 0.3) is 0 Å². The van der Waals surface area contributed by atoms with E-state index in [0.717, 1.165) is 45.4 Å². The molecule has 1 fully saturated rings. The fourth-order valence-corrected chi connectivity index (χ4v) is 1.93. The zero-order valence-corrected chi connectivity index (χ0v) is 9.38. The van der Waals surface area contributed by atoms with E-state index in [4.69, 9.17) is 4.74 Å². The van der Waals surface area contributed by atoms with Crippen molar-refractivity contribution in [2.24, 2.45) is 0 Å². The first-order chi connectivity index (χ1) is 6.64. The van der Waals surface area contributed by atoms with Crippen molar-refractivity contribution in [1.29, 1.82) is 0 Å². The summed E-state index contributed by atoms with van der Waals surface area (Å²) in [5.74, 6) is 0. The van der Waals surface area contributed by atoms with Crippen LogP contribution in [0.2, 0.25) is 0 Å². The molecule has 1 aliphatic heterocycles. The maximum Gasteiger partial charge on any atom is 0.0656 e. The Kier molecular flexibility index (Phi) is 4.85. The van der Waals surface area contributed by atoms with Gasteiger partial charge in [-0.15, -0.1) is 0 Å². The van der Waals surface area contributed by atoms with Crippen LogP contribution in [0.25, 0.3) is 0 Å². The third kappa shape index (κ3) is 4.40. The van der Waals surface area contributed by atoms with Crippen LogP contribution in [0.5, 0.6) is 0 Å². The Morgan fingerprint density at radius 2 is 2.36 bits per heavy atom. The van der Waals surface area contributed by atoms with E-state index in [1.165, 1.54) is 0 Å². The van der Waals surface area contributed by atoms with Crippen molar-refractivity contribution >= 4 is 0 Å². The fourth-order valence-electron chi connectivity index (χ4n) is 1.93. The summed E-state index contributed by atoms with van der Waals surface area (Å²) in [5, 5.41) is 13.3. The Hall–Kier alpha value is -0.120. The van der Waals surface area contributed by atoms with E-state index in [2.05, 4.69) is 12.2 Å². The lowest BCUT2D eigenvalue weighted by Gasteiger charge is -2.26. The molecular formula is C11H23NO2. The lowest BCUT2D eigenvalue weighted by molar-refractivity contribution is -0.0116. The van der Waals surface area contributed by atoms with Gasteiger partial charge in [-0.05, 0) is 39.3 Å². The van der Waals surface area contributed by atoms with Gasteiger partial charge in [0.15, 0.2) is 0 Å². The molecule has 0 aliphatic carbocycles. The van der Waals surface area contributed by atoms with Gasteiger partial charge in [-0.2, -0.15) is 0 Å². The van der Waals surface area contributed by atoms with Gasteiger partial charge in [-0.1, -0.05) is 6.92 Å². The normalized spacial score (nSPS) is 26.4. The Morgan fingerprint density at radius 3 is 2.93 bits per heavy atom. The van der Waals surface area contributed by atoms with Gasteiger partial charge < -0.3 is 15.2 Å². The molecule has 0 radical (unpaired) electrons. The Labute approximate surface area is 86.8 Å². The lowest BCUT2D eigenvalue weighted by Crippen LogP contribution is -2.33. The lowest BCUT2D eigenvalue weighted by atomic mass is 9.93. The van der Waals surface area contributed by atoms with Crippen LogP contribution < -0.4 is 5.32 Å². The predicted octanol–water partition coefficient (Wildman–Crippen LogP) is 1.31. The maximum absolute atomic E-state index is 10.1. The number of aliphatic hydroxyl groups is 1. The molecule has 1 rings (SSSR count). The summed E-state index contributed by atoms with van der Waals surface area (Å²) >= 11 is 0. The Bertz CT molecular complexity index is 153. The van der Waals surface area contributed by atoms with Crippen LogP contribution in [-0.4, -0.2) is 36.5 Å². The molecule has 0 aromatic rings. The van der Waals surface area contributed by atoms with E-state index >= 15 is 0 Å². The van der Waals surface area contributed by atoms with Crippen molar-refractivity contribution in [1.82, 2.24) is 5.32 Å². The van der Waals surface area contributed by atoms with E-state index in [9.17, 15) is 5.11 Å². The molecule has 2 N–H and O–H groups in total. The number of hydrogen-bond acceptors (Lipinski definition) is 3. The minimum atomic E-state index is -0.572. The number of rotatable bonds is 6. The second-order valence-electron chi connectivity index (χ2n) is 4.44. The van der Waals surface area contributed by atoms with Gasteiger partial charge in [0, 0.05) is 13.0 Å². The maximum atomic E-state index is 10.1. The quantitative estimate of drug-likeness (QED) is 0.637. The van der Waals surface area contributed by atoms with Crippen LogP contribution in [0.1, 0.15) is 39.5 Å². The average molecular weight is 201 g/mol. The van der Waals surface area contributed by atoms with Crippen molar-refractivity contribution in [2.45, 2.75) is 51.2 Å². The van der Waals surface area contributed by atoms with Crippen LogP contribution in [0.4, 0.5) is 0 Å². The van der Waals surface area contributed by atoms with E-state index in [1.807, 2.05) is 6.92 Å².